The predicted molar refractivity (Wildman–Crippen MR) is 66.3 cm³/mol. The zero-order chi connectivity index (χ0) is 11.0. The van der Waals surface area contributed by atoms with Gasteiger partial charge in [0.2, 0.25) is 0 Å². The Kier molecular flexibility index (Phi) is 7.03. The quantitative estimate of drug-likeness (QED) is 0.750. The van der Waals surface area contributed by atoms with Crippen molar-refractivity contribution in [2.24, 2.45) is 0 Å². The number of hydrogen-bond donors (Lipinski definition) is 1. The predicted octanol–water partition coefficient (Wildman–Crippen LogP) is 4.15. The fourth-order valence-electron chi connectivity index (χ4n) is 0.752. The van der Waals surface area contributed by atoms with Crippen LogP contribution in [0.15, 0.2) is 41.4 Å². The summed E-state index contributed by atoms with van der Waals surface area (Å²) in [7, 11) is 0. The van der Waals surface area contributed by atoms with Crippen molar-refractivity contribution in [2.45, 2.75) is 32.6 Å². The highest BCUT2D eigenvalue weighted by molar-refractivity contribution is 7.97. The van der Waals surface area contributed by atoms with Crippen LogP contribution < -0.4 is 4.72 Å². The molecule has 0 aliphatic heterocycles. The third-order valence-electron chi connectivity index (χ3n) is 1.36. The van der Waals surface area contributed by atoms with Crippen LogP contribution in [0.2, 0.25) is 0 Å². The second-order valence-corrected chi connectivity index (χ2v) is 3.68. The Hall–Kier alpha value is -0.890. The number of nitrogens with one attached hydrogen (secondary N) is 1. The molecule has 0 fully saturated rings. The van der Waals surface area contributed by atoms with Crippen LogP contribution in [-0.4, -0.2) is 0 Å². The van der Waals surface area contributed by atoms with E-state index in [2.05, 4.69) is 42.5 Å². The molecular formula is C12H19NS. The van der Waals surface area contributed by atoms with Crippen molar-refractivity contribution in [3.63, 3.8) is 0 Å². The van der Waals surface area contributed by atoms with Gasteiger partial charge in [0, 0.05) is 10.6 Å². The average Bonchev–Trinajstić information content (AvgIpc) is 2.20. The highest BCUT2D eigenvalue weighted by Crippen LogP contribution is 2.15. The van der Waals surface area contributed by atoms with Crippen LogP contribution in [-0.2, 0) is 0 Å². The molecule has 1 N–H and O–H groups in total. The average molecular weight is 209 g/mol. The van der Waals surface area contributed by atoms with Crippen molar-refractivity contribution >= 4 is 11.9 Å². The Morgan fingerprint density at radius 2 is 1.71 bits per heavy atom. The molecule has 0 heterocycles. The zero-order valence-corrected chi connectivity index (χ0v) is 10.2. The first-order valence-corrected chi connectivity index (χ1v) is 5.65. The summed E-state index contributed by atoms with van der Waals surface area (Å²) >= 11 is 1.59. The minimum absolute atomic E-state index is 0.973. The van der Waals surface area contributed by atoms with E-state index >= 15 is 0 Å². The minimum Gasteiger partial charge on any atom is -0.330 e. The molecule has 0 atom stereocenters. The van der Waals surface area contributed by atoms with Crippen LogP contribution in [0.4, 0.5) is 0 Å². The Morgan fingerprint density at radius 3 is 2.14 bits per heavy atom. The number of rotatable bonds is 3. The highest BCUT2D eigenvalue weighted by Gasteiger charge is 1.91. The first-order valence-electron chi connectivity index (χ1n) is 4.83. The molecular weight excluding hydrogens is 190 g/mol. The fraction of sp³-hybridized carbons (Fsp3) is 0.333. The Bertz CT molecular complexity index is 264. The molecule has 1 aromatic carbocycles. The highest BCUT2D eigenvalue weighted by atomic mass is 32.2. The summed E-state index contributed by atoms with van der Waals surface area (Å²) < 4.78 is 3.10. The largest absolute Gasteiger partial charge is 0.330 e. The molecule has 0 radical (unpaired) electrons. The summed E-state index contributed by atoms with van der Waals surface area (Å²) in [6.45, 7) is 11.8. The van der Waals surface area contributed by atoms with Gasteiger partial charge in [0.25, 0.3) is 0 Å². The molecule has 0 aromatic heterocycles. The maximum Gasteiger partial charge on any atom is 0.0284 e. The van der Waals surface area contributed by atoms with Gasteiger partial charge in [-0.05, 0) is 37.9 Å². The number of hydrogen-bond acceptors (Lipinski definition) is 2. The van der Waals surface area contributed by atoms with Gasteiger partial charge in [-0.25, -0.2) is 0 Å². The van der Waals surface area contributed by atoms with Crippen LogP contribution in [0.25, 0.3) is 0 Å². The van der Waals surface area contributed by atoms with Gasteiger partial charge in [-0.1, -0.05) is 38.1 Å². The van der Waals surface area contributed by atoms with Crippen molar-refractivity contribution < 1.29 is 0 Å². The van der Waals surface area contributed by atoms with Gasteiger partial charge < -0.3 is 4.72 Å². The summed E-state index contributed by atoms with van der Waals surface area (Å²) in [6, 6.07) is 8.39. The van der Waals surface area contributed by atoms with Gasteiger partial charge >= 0.3 is 0 Å². The van der Waals surface area contributed by atoms with E-state index in [1.807, 2.05) is 20.8 Å². The maximum absolute atomic E-state index is 3.76. The Morgan fingerprint density at radius 1 is 1.21 bits per heavy atom. The third kappa shape index (κ3) is 5.70. The lowest BCUT2D eigenvalue weighted by atomic mass is 10.2. The molecule has 14 heavy (non-hydrogen) atoms. The third-order valence-corrected chi connectivity index (χ3v) is 2.32. The van der Waals surface area contributed by atoms with Gasteiger partial charge in [-0.15, -0.1) is 0 Å². The van der Waals surface area contributed by atoms with Crippen molar-refractivity contribution in [3.8, 4) is 0 Å². The molecule has 1 aromatic rings. The van der Waals surface area contributed by atoms with Crippen LogP contribution in [0, 0.1) is 6.92 Å². The molecule has 0 saturated heterocycles. The molecule has 1 rings (SSSR count). The van der Waals surface area contributed by atoms with E-state index < -0.39 is 0 Å². The van der Waals surface area contributed by atoms with E-state index in [1.165, 1.54) is 10.5 Å². The molecule has 1 nitrogen and oxygen atoms in total. The minimum atomic E-state index is 0.973. The number of benzene rings is 1. The molecule has 0 aliphatic rings. The standard InChI is InChI=1S/C10H13NS.C2H6/c1-8(2)11-12-10-6-4-9(3)5-7-10;1-2/h4-7,11H,1H2,2-3H3;1-2H3. The second-order valence-electron chi connectivity index (χ2n) is 2.80. The van der Waals surface area contributed by atoms with Gasteiger partial charge in [0.05, 0.1) is 0 Å². The lowest BCUT2D eigenvalue weighted by Crippen LogP contribution is -1.96. The van der Waals surface area contributed by atoms with Gasteiger partial charge in [-0.3, -0.25) is 0 Å². The van der Waals surface area contributed by atoms with Crippen LogP contribution >= 0.6 is 11.9 Å². The van der Waals surface area contributed by atoms with Crippen molar-refractivity contribution in [1.29, 1.82) is 0 Å². The van der Waals surface area contributed by atoms with E-state index in [0.717, 1.165) is 5.70 Å². The molecule has 0 amide bonds. The Balaban J connectivity index is 0.000000791. The van der Waals surface area contributed by atoms with Gasteiger partial charge in [0.15, 0.2) is 0 Å². The van der Waals surface area contributed by atoms with Crippen LogP contribution in [0.1, 0.15) is 26.3 Å². The second kappa shape index (κ2) is 7.51. The lowest BCUT2D eigenvalue weighted by Gasteiger charge is -2.03. The van der Waals surface area contributed by atoms with Crippen LogP contribution in [0.5, 0.6) is 0 Å². The molecule has 0 bridgehead atoms. The smallest absolute Gasteiger partial charge is 0.0284 e. The van der Waals surface area contributed by atoms with Gasteiger partial charge in [0.1, 0.15) is 0 Å². The SMILES string of the molecule is C=C(C)NSc1ccc(C)cc1.CC. The Labute approximate surface area is 91.7 Å². The first kappa shape index (κ1) is 13.1. The summed E-state index contributed by atoms with van der Waals surface area (Å²) in [4.78, 5) is 1.21. The van der Waals surface area contributed by atoms with E-state index in [0.29, 0.717) is 0 Å². The van der Waals surface area contributed by atoms with E-state index in [4.69, 9.17) is 0 Å². The number of allylic oxidation sites excluding steroid dienone is 1. The summed E-state index contributed by atoms with van der Waals surface area (Å²) in [5, 5.41) is 0. The molecule has 0 spiro atoms. The van der Waals surface area contributed by atoms with Crippen molar-refractivity contribution in [2.75, 3.05) is 0 Å². The molecule has 78 valence electrons. The normalized spacial score (nSPS) is 8.57. The van der Waals surface area contributed by atoms with Crippen molar-refractivity contribution in [1.82, 2.24) is 4.72 Å². The summed E-state index contributed by atoms with van der Waals surface area (Å²) in [6.07, 6.45) is 0. The first-order chi connectivity index (χ1) is 6.68. The van der Waals surface area contributed by atoms with E-state index in [-0.39, 0.29) is 0 Å². The van der Waals surface area contributed by atoms with Crippen molar-refractivity contribution in [3.05, 3.63) is 42.1 Å². The molecule has 2 heteroatoms. The lowest BCUT2D eigenvalue weighted by molar-refractivity contribution is 1.21. The zero-order valence-electron chi connectivity index (χ0n) is 9.42. The number of aryl methyl sites for hydroxylation is 1. The van der Waals surface area contributed by atoms with Gasteiger partial charge in [-0.2, -0.15) is 0 Å². The monoisotopic (exact) mass is 209 g/mol. The van der Waals surface area contributed by atoms with E-state index in [1.54, 1.807) is 11.9 Å². The summed E-state index contributed by atoms with van der Waals surface area (Å²) in [5.41, 5.74) is 2.26. The molecule has 0 unspecified atom stereocenters. The molecule has 0 saturated carbocycles. The summed E-state index contributed by atoms with van der Waals surface area (Å²) in [5.74, 6) is 0. The van der Waals surface area contributed by atoms with Crippen LogP contribution in [0.3, 0.4) is 0 Å². The van der Waals surface area contributed by atoms with E-state index in [9.17, 15) is 0 Å². The maximum atomic E-state index is 3.76. The fourth-order valence-corrected chi connectivity index (χ4v) is 1.32. The molecule has 0 aliphatic carbocycles. The topological polar surface area (TPSA) is 12.0 Å².